The first-order valence-electron chi connectivity index (χ1n) is 5.92. The molecule has 0 radical (unpaired) electrons. The van der Waals surface area contributed by atoms with Gasteiger partial charge in [-0.15, -0.1) is 11.3 Å². The summed E-state index contributed by atoms with van der Waals surface area (Å²) in [6.45, 7) is 1.31. The molecule has 0 aliphatic rings. The van der Waals surface area contributed by atoms with Crippen LogP contribution in [0.2, 0.25) is 0 Å². The molecule has 0 amide bonds. The van der Waals surface area contributed by atoms with E-state index in [1.807, 2.05) is 0 Å². The van der Waals surface area contributed by atoms with Crippen LogP contribution in [0.15, 0.2) is 22.5 Å². The molecule has 3 N–H and O–H groups in total. The molecule has 0 spiro atoms. The number of hydrogen-bond donors (Lipinski definition) is 2. The lowest BCUT2D eigenvalue weighted by Crippen LogP contribution is -2.25. The molecule has 2 rings (SSSR count). The van der Waals surface area contributed by atoms with Gasteiger partial charge >= 0.3 is 0 Å². The van der Waals surface area contributed by atoms with Crippen LogP contribution >= 0.6 is 11.3 Å². The van der Waals surface area contributed by atoms with Crippen molar-refractivity contribution in [3.05, 3.63) is 45.4 Å². The summed E-state index contributed by atoms with van der Waals surface area (Å²) in [7, 11) is -4.10. The van der Waals surface area contributed by atoms with E-state index in [2.05, 4.69) is 9.71 Å². The van der Waals surface area contributed by atoms with Crippen molar-refractivity contribution in [3.8, 4) is 0 Å². The van der Waals surface area contributed by atoms with E-state index in [0.29, 0.717) is 5.69 Å². The van der Waals surface area contributed by atoms with Crippen LogP contribution < -0.4 is 10.5 Å². The summed E-state index contributed by atoms with van der Waals surface area (Å²) in [6, 6.07) is 1.77. The molecule has 9 heteroatoms. The fraction of sp³-hybridized carbons (Fsp3) is 0.250. The molecule has 0 bridgehead atoms. The van der Waals surface area contributed by atoms with Gasteiger partial charge in [0.25, 0.3) is 0 Å². The molecule has 0 aliphatic carbocycles. The highest BCUT2D eigenvalue weighted by molar-refractivity contribution is 7.89. The number of sulfonamides is 1. The third kappa shape index (κ3) is 3.26. The van der Waals surface area contributed by atoms with Crippen LogP contribution in [-0.4, -0.2) is 13.4 Å². The van der Waals surface area contributed by atoms with Gasteiger partial charge in [-0.3, -0.25) is 0 Å². The molecule has 1 heterocycles. The molecule has 2 aromatic rings. The Hall–Kier alpha value is -1.42. The first-order valence-corrected chi connectivity index (χ1v) is 8.28. The molecular formula is C12H13F2N3O2S2. The first kappa shape index (κ1) is 16.0. The van der Waals surface area contributed by atoms with Gasteiger partial charge in [-0.1, -0.05) is 0 Å². The Bertz CT molecular complexity index is 760. The minimum Gasteiger partial charge on any atom is -0.326 e. The van der Waals surface area contributed by atoms with Crippen LogP contribution in [0.25, 0.3) is 0 Å². The highest BCUT2D eigenvalue weighted by atomic mass is 32.2. The number of thiazole rings is 1. The van der Waals surface area contributed by atoms with E-state index in [1.165, 1.54) is 11.3 Å². The predicted molar refractivity (Wildman–Crippen MR) is 75.1 cm³/mol. The fourth-order valence-electron chi connectivity index (χ4n) is 1.71. The van der Waals surface area contributed by atoms with Crippen LogP contribution in [0, 0.1) is 18.6 Å². The Morgan fingerprint density at radius 3 is 2.67 bits per heavy atom. The van der Waals surface area contributed by atoms with Crippen molar-refractivity contribution in [1.82, 2.24) is 9.71 Å². The zero-order valence-corrected chi connectivity index (χ0v) is 12.7. The van der Waals surface area contributed by atoms with Crippen LogP contribution in [0.4, 0.5) is 8.78 Å². The number of halogens is 2. The van der Waals surface area contributed by atoms with Crippen LogP contribution in [-0.2, 0) is 23.1 Å². The summed E-state index contributed by atoms with van der Waals surface area (Å²) < 4.78 is 53.9. The number of nitrogens with one attached hydrogen (secondary N) is 1. The van der Waals surface area contributed by atoms with Gasteiger partial charge in [0.05, 0.1) is 11.2 Å². The smallest absolute Gasteiger partial charge is 0.243 e. The first-order chi connectivity index (χ1) is 9.86. The molecule has 0 saturated heterocycles. The van der Waals surface area contributed by atoms with Crippen molar-refractivity contribution in [2.45, 2.75) is 24.9 Å². The SMILES string of the molecule is Cc1ncsc1CNS(=O)(=O)c1ccc(F)c(CN)c1F. The van der Waals surface area contributed by atoms with Crippen LogP contribution in [0.1, 0.15) is 16.1 Å². The second kappa shape index (κ2) is 6.14. The monoisotopic (exact) mass is 333 g/mol. The second-order valence-electron chi connectivity index (χ2n) is 4.23. The summed E-state index contributed by atoms with van der Waals surface area (Å²) in [5.41, 5.74) is 7.07. The van der Waals surface area contributed by atoms with Crippen LogP contribution in [0.3, 0.4) is 0 Å². The van der Waals surface area contributed by atoms with E-state index >= 15 is 0 Å². The second-order valence-corrected chi connectivity index (χ2v) is 6.90. The molecule has 1 aromatic carbocycles. The van der Waals surface area contributed by atoms with Gasteiger partial charge in [0.1, 0.15) is 10.7 Å². The van der Waals surface area contributed by atoms with E-state index < -0.39 is 38.7 Å². The van der Waals surface area contributed by atoms with Gasteiger partial charge in [-0.25, -0.2) is 26.9 Å². The number of benzene rings is 1. The lowest BCUT2D eigenvalue weighted by Gasteiger charge is -2.10. The van der Waals surface area contributed by atoms with Crippen molar-refractivity contribution in [2.24, 2.45) is 5.73 Å². The third-order valence-corrected chi connectivity index (χ3v) is 5.27. The summed E-state index contributed by atoms with van der Waals surface area (Å²) in [4.78, 5) is 4.09. The predicted octanol–water partition coefficient (Wildman–Crippen LogP) is 1.67. The van der Waals surface area contributed by atoms with E-state index in [4.69, 9.17) is 5.73 Å². The minimum absolute atomic E-state index is 0.00634. The van der Waals surface area contributed by atoms with Crippen molar-refractivity contribution in [3.63, 3.8) is 0 Å². The van der Waals surface area contributed by atoms with E-state index in [9.17, 15) is 17.2 Å². The number of rotatable bonds is 5. The van der Waals surface area contributed by atoms with Crippen molar-refractivity contribution < 1.29 is 17.2 Å². The number of aromatic nitrogens is 1. The van der Waals surface area contributed by atoms with Gasteiger partial charge in [0.15, 0.2) is 5.82 Å². The largest absolute Gasteiger partial charge is 0.326 e. The minimum atomic E-state index is -4.10. The summed E-state index contributed by atoms with van der Waals surface area (Å²) >= 11 is 1.29. The van der Waals surface area contributed by atoms with Gasteiger partial charge in [0, 0.05) is 23.5 Å². The zero-order valence-electron chi connectivity index (χ0n) is 11.1. The Kier molecular flexibility index (Phi) is 4.67. The van der Waals surface area contributed by atoms with Gasteiger partial charge in [-0.2, -0.15) is 0 Å². The van der Waals surface area contributed by atoms with E-state index in [1.54, 1.807) is 12.4 Å². The molecule has 0 atom stereocenters. The average molecular weight is 333 g/mol. The standard InChI is InChI=1S/C12H13F2N3O2S2/c1-7-10(20-6-16-7)5-17-21(18,19)11-3-2-9(13)8(4-15)12(11)14/h2-3,6,17H,4-5,15H2,1H3. The number of nitrogens with two attached hydrogens (primary N) is 1. The zero-order chi connectivity index (χ0) is 15.6. The normalized spacial score (nSPS) is 11.8. The maximum Gasteiger partial charge on any atom is 0.243 e. The number of hydrogen-bond acceptors (Lipinski definition) is 5. The topological polar surface area (TPSA) is 85.1 Å². The lowest BCUT2D eigenvalue weighted by molar-refractivity contribution is 0.525. The Balaban J connectivity index is 2.30. The van der Waals surface area contributed by atoms with Gasteiger partial charge in [0.2, 0.25) is 10.0 Å². The molecular weight excluding hydrogens is 320 g/mol. The maximum atomic E-state index is 14.0. The van der Waals surface area contributed by atoms with E-state index in [0.717, 1.165) is 17.0 Å². The van der Waals surface area contributed by atoms with Crippen LogP contribution in [0.5, 0.6) is 0 Å². The molecule has 0 saturated carbocycles. The molecule has 1 aromatic heterocycles. The molecule has 21 heavy (non-hydrogen) atoms. The van der Waals surface area contributed by atoms with Gasteiger partial charge < -0.3 is 5.73 Å². The Morgan fingerprint density at radius 2 is 2.10 bits per heavy atom. The maximum absolute atomic E-state index is 14.0. The summed E-state index contributed by atoms with van der Waals surface area (Å²) in [5, 5.41) is 0. The van der Waals surface area contributed by atoms with Gasteiger partial charge in [-0.05, 0) is 19.1 Å². The quantitative estimate of drug-likeness (QED) is 0.871. The van der Waals surface area contributed by atoms with Crippen molar-refractivity contribution in [1.29, 1.82) is 0 Å². The summed E-state index contributed by atoms with van der Waals surface area (Å²) in [6.07, 6.45) is 0. The number of nitrogens with zero attached hydrogens (tertiary/aromatic N) is 1. The fourth-order valence-corrected chi connectivity index (χ4v) is 3.61. The highest BCUT2D eigenvalue weighted by Crippen LogP contribution is 2.21. The van der Waals surface area contributed by atoms with Crippen molar-refractivity contribution >= 4 is 21.4 Å². The highest BCUT2D eigenvalue weighted by Gasteiger charge is 2.23. The molecule has 114 valence electrons. The third-order valence-electron chi connectivity index (χ3n) is 2.91. The molecule has 0 fully saturated rings. The molecule has 5 nitrogen and oxygen atoms in total. The Labute approximate surface area is 124 Å². The summed E-state index contributed by atoms with van der Waals surface area (Å²) in [5.74, 6) is -2.03. The Morgan fingerprint density at radius 1 is 1.38 bits per heavy atom. The molecule has 0 unspecified atom stereocenters. The lowest BCUT2D eigenvalue weighted by atomic mass is 10.2. The van der Waals surface area contributed by atoms with Crippen molar-refractivity contribution in [2.75, 3.05) is 0 Å². The molecule has 0 aliphatic heterocycles. The number of aryl methyl sites for hydroxylation is 1. The average Bonchev–Trinajstić information content (AvgIpc) is 2.82. The van der Waals surface area contributed by atoms with E-state index in [-0.39, 0.29) is 6.54 Å².